The summed E-state index contributed by atoms with van der Waals surface area (Å²) >= 11 is 0. The maximum absolute atomic E-state index is 2.40. The molecule has 0 aliphatic heterocycles. The molecule has 0 spiro atoms. The summed E-state index contributed by atoms with van der Waals surface area (Å²) in [5.74, 6) is 3.08. The van der Waals surface area contributed by atoms with Crippen LogP contribution in [0.3, 0.4) is 0 Å². The lowest BCUT2D eigenvalue weighted by Crippen LogP contribution is -2.09. The first kappa shape index (κ1) is 16.1. The second kappa shape index (κ2) is 9.87. The van der Waals surface area contributed by atoms with Crippen molar-refractivity contribution in [3.63, 3.8) is 0 Å². The highest BCUT2D eigenvalue weighted by Gasteiger charge is 2.15. The summed E-state index contributed by atoms with van der Waals surface area (Å²) in [4.78, 5) is 0. The normalized spacial score (nSPS) is 32.5. The molecule has 108 valence electrons. The topological polar surface area (TPSA) is 0 Å². The lowest BCUT2D eigenvalue weighted by atomic mass is 9.83. The van der Waals surface area contributed by atoms with E-state index in [1.807, 2.05) is 0 Å². The van der Waals surface area contributed by atoms with E-state index in [0.29, 0.717) is 0 Å². The molecule has 1 aliphatic carbocycles. The maximum atomic E-state index is 2.40. The number of hydrogen-bond acceptors (Lipinski definition) is 0. The van der Waals surface area contributed by atoms with Crippen LogP contribution in [0.1, 0.15) is 97.8 Å². The van der Waals surface area contributed by atoms with Crippen molar-refractivity contribution >= 4 is 0 Å². The van der Waals surface area contributed by atoms with Crippen molar-refractivity contribution in [1.82, 2.24) is 0 Å². The predicted molar refractivity (Wildman–Crippen MR) is 82.9 cm³/mol. The third-order valence-corrected chi connectivity index (χ3v) is 5.42. The van der Waals surface area contributed by atoms with Gasteiger partial charge in [-0.1, -0.05) is 97.8 Å². The molecule has 0 N–H and O–H groups in total. The Bertz CT molecular complexity index is 166. The summed E-state index contributed by atoms with van der Waals surface area (Å²) in [7, 11) is 0. The van der Waals surface area contributed by atoms with Crippen LogP contribution in [0.2, 0.25) is 0 Å². The van der Waals surface area contributed by atoms with Gasteiger partial charge in [0.05, 0.1) is 0 Å². The van der Waals surface area contributed by atoms with Crippen LogP contribution in [0, 0.1) is 17.8 Å². The molecule has 0 amide bonds. The molecule has 1 rings (SSSR count). The summed E-state index contributed by atoms with van der Waals surface area (Å²) in [5.41, 5.74) is 0. The first-order chi connectivity index (χ1) is 8.80. The minimum Gasteiger partial charge on any atom is -0.0651 e. The fourth-order valence-corrected chi connectivity index (χ4v) is 3.64. The van der Waals surface area contributed by atoms with Crippen LogP contribution >= 0.6 is 0 Å². The van der Waals surface area contributed by atoms with Crippen molar-refractivity contribution in [1.29, 1.82) is 0 Å². The second-order valence-electron chi connectivity index (χ2n) is 6.62. The Labute approximate surface area is 116 Å². The molecule has 0 aromatic carbocycles. The molecule has 0 radical (unpaired) electrons. The van der Waals surface area contributed by atoms with E-state index in [9.17, 15) is 0 Å². The number of rotatable bonds is 3. The monoisotopic (exact) mass is 252 g/mol. The van der Waals surface area contributed by atoms with Crippen LogP contribution in [-0.4, -0.2) is 0 Å². The van der Waals surface area contributed by atoms with Crippen LogP contribution in [-0.2, 0) is 0 Å². The molecule has 2 unspecified atom stereocenters. The average Bonchev–Trinajstić information content (AvgIpc) is 2.40. The van der Waals surface area contributed by atoms with E-state index in [4.69, 9.17) is 0 Å². The summed E-state index contributed by atoms with van der Waals surface area (Å²) in [6.45, 7) is 7.19. The quantitative estimate of drug-likeness (QED) is 0.531. The van der Waals surface area contributed by atoms with E-state index in [1.165, 1.54) is 77.0 Å². The highest BCUT2D eigenvalue weighted by molar-refractivity contribution is 4.68. The molecule has 18 heavy (non-hydrogen) atoms. The van der Waals surface area contributed by atoms with Gasteiger partial charge in [0, 0.05) is 0 Å². The Morgan fingerprint density at radius 1 is 0.500 bits per heavy atom. The van der Waals surface area contributed by atoms with Crippen molar-refractivity contribution in [2.24, 2.45) is 17.8 Å². The first-order valence-corrected chi connectivity index (χ1v) is 8.80. The summed E-state index contributed by atoms with van der Waals surface area (Å²) in [6.07, 6.45) is 17.7. The zero-order valence-corrected chi connectivity index (χ0v) is 13.2. The molecular formula is C18H36. The summed E-state index contributed by atoms with van der Waals surface area (Å²) in [5, 5.41) is 0. The fraction of sp³-hybridized carbons (Fsp3) is 1.00. The molecule has 0 heteroatoms. The minimum atomic E-state index is 1.02. The van der Waals surface area contributed by atoms with Crippen molar-refractivity contribution in [2.75, 3.05) is 0 Å². The average molecular weight is 252 g/mol. The van der Waals surface area contributed by atoms with Gasteiger partial charge in [0.1, 0.15) is 0 Å². The second-order valence-corrected chi connectivity index (χ2v) is 6.62. The Kier molecular flexibility index (Phi) is 8.80. The molecule has 0 aromatic heterocycles. The van der Waals surface area contributed by atoms with Crippen molar-refractivity contribution in [3.8, 4) is 0 Å². The molecule has 1 aliphatic rings. The van der Waals surface area contributed by atoms with E-state index >= 15 is 0 Å². The molecule has 2 atom stereocenters. The third kappa shape index (κ3) is 6.25. The largest absolute Gasteiger partial charge is 0.0651 e. The predicted octanol–water partition coefficient (Wildman–Crippen LogP) is 6.59. The lowest BCUT2D eigenvalue weighted by Gasteiger charge is -2.23. The zero-order valence-electron chi connectivity index (χ0n) is 13.2. The highest BCUT2D eigenvalue weighted by atomic mass is 14.2. The smallest absolute Gasteiger partial charge is 0.0417 e. The van der Waals surface area contributed by atoms with Gasteiger partial charge in [-0.25, -0.2) is 0 Å². The van der Waals surface area contributed by atoms with Gasteiger partial charge in [-0.3, -0.25) is 0 Å². The molecule has 0 bridgehead atoms. The third-order valence-electron chi connectivity index (χ3n) is 5.42. The summed E-state index contributed by atoms with van der Waals surface area (Å²) in [6, 6.07) is 0. The van der Waals surface area contributed by atoms with E-state index < -0.39 is 0 Å². The van der Waals surface area contributed by atoms with Crippen molar-refractivity contribution in [2.45, 2.75) is 97.8 Å². The fourth-order valence-electron chi connectivity index (χ4n) is 3.64. The van der Waals surface area contributed by atoms with Gasteiger partial charge in [-0.05, 0) is 17.8 Å². The molecule has 0 aromatic rings. The van der Waals surface area contributed by atoms with Crippen LogP contribution in [0.5, 0.6) is 0 Å². The van der Waals surface area contributed by atoms with E-state index in [0.717, 1.165) is 17.8 Å². The number of hydrogen-bond donors (Lipinski definition) is 0. The highest BCUT2D eigenvalue weighted by Crippen LogP contribution is 2.30. The van der Waals surface area contributed by atoms with Crippen molar-refractivity contribution in [3.05, 3.63) is 0 Å². The SMILES string of the molecule is CCC1CCCCCC(CC)CCC(CC)CC1. The van der Waals surface area contributed by atoms with Gasteiger partial charge in [-0.2, -0.15) is 0 Å². The molecule has 1 fully saturated rings. The molecule has 0 heterocycles. The van der Waals surface area contributed by atoms with Crippen LogP contribution in [0.15, 0.2) is 0 Å². The van der Waals surface area contributed by atoms with Crippen molar-refractivity contribution < 1.29 is 0 Å². The molecule has 0 saturated heterocycles. The van der Waals surface area contributed by atoms with E-state index in [-0.39, 0.29) is 0 Å². The van der Waals surface area contributed by atoms with Gasteiger partial charge in [0.15, 0.2) is 0 Å². The minimum absolute atomic E-state index is 1.02. The van der Waals surface area contributed by atoms with E-state index in [2.05, 4.69) is 20.8 Å². The Morgan fingerprint density at radius 2 is 0.833 bits per heavy atom. The Hall–Kier alpha value is 0. The van der Waals surface area contributed by atoms with Gasteiger partial charge in [0.25, 0.3) is 0 Å². The maximum Gasteiger partial charge on any atom is -0.0417 e. The Balaban J connectivity index is 2.45. The van der Waals surface area contributed by atoms with Crippen LogP contribution in [0.25, 0.3) is 0 Å². The van der Waals surface area contributed by atoms with Gasteiger partial charge in [0.2, 0.25) is 0 Å². The van der Waals surface area contributed by atoms with Gasteiger partial charge in [-0.15, -0.1) is 0 Å². The molecule has 1 saturated carbocycles. The summed E-state index contributed by atoms with van der Waals surface area (Å²) < 4.78 is 0. The van der Waals surface area contributed by atoms with Gasteiger partial charge < -0.3 is 0 Å². The van der Waals surface area contributed by atoms with Crippen LogP contribution < -0.4 is 0 Å². The lowest BCUT2D eigenvalue weighted by molar-refractivity contribution is 0.295. The standard InChI is InChI=1S/C18H36/c1-4-16-10-8-7-9-11-17(5-2)13-15-18(6-3)14-12-16/h16-18H,4-15H2,1-3H3. The van der Waals surface area contributed by atoms with Crippen LogP contribution in [0.4, 0.5) is 0 Å². The Morgan fingerprint density at radius 3 is 1.17 bits per heavy atom. The molecule has 0 nitrogen and oxygen atoms in total. The molecular weight excluding hydrogens is 216 g/mol. The zero-order chi connectivity index (χ0) is 13.2. The van der Waals surface area contributed by atoms with E-state index in [1.54, 1.807) is 0 Å². The van der Waals surface area contributed by atoms with Gasteiger partial charge >= 0.3 is 0 Å². The first-order valence-electron chi connectivity index (χ1n) is 8.80.